The molecule has 144 valence electrons. The van der Waals surface area contributed by atoms with Crippen LogP contribution in [0.4, 0.5) is 0 Å². The van der Waals surface area contributed by atoms with Crippen LogP contribution in [0.2, 0.25) is 0 Å². The van der Waals surface area contributed by atoms with Crippen molar-refractivity contribution in [3.05, 3.63) is 65.9 Å². The Morgan fingerprint density at radius 2 is 1.75 bits per heavy atom. The second-order valence-electron chi connectivity index (χ2n) is 6.28. The summed E-state index contributed by atoms with van der Waals surface area (Å²) in [4.78, 5) is 39.3. The maximum Gasteiger partial charge on any atom is 0.273 e. The zero-order valence-electron chi connectivity index (χ0n) is 15.2. The number of aromatic nitrogens is 1. The van der Waals surface area contributed by atoms with Crippen LogP contribution in [0, 0.1) is 0 Å². The van der Waals surface area contributed by atoms with E-state index in [4.69, 9.17) is 0 Å². The van der Waals surface area contributed by atoms with E-state index in [0.717, 1.165) is 16.5 Å². The first-order valence-corrected chi connectivity index (χ1v) is 8.66. The molecule has 0 saturated carbocycles. The molecule has 8 heteroatoms. The summed E-state index contributed by atoms with van der Waals surface area (Å²) in [7, 11) is 0. The van der Waals surface area contributed by atoms with Gasteiger partial charge in [0.2, 0.25) is 5.91 Å². The van der Waals surface area contributed by atoms with Gasteiger partial charge in [-0.05, 0) is 23.8 Å². The van der Waals surface area contributed by atoms with Crippen LogP contribution in [-0.2, 0) is 16.0 Å². The Hall–Kier alpha value is -3.81. The van der Waals surface area contributed by atoms with Crippen LogP contribution in [0.15, 0.2) is 54.7 Å². The minimum atomic E-state index is -0.888. The van der Waals surface area contributed by atoms with E-state index in [-0.39, 0.29) is 23.6 Å². The number of carbonyl (C=O) groups is 3. The summed E-state index contributed by atoms with van der Waals surface area (Å²) >= 11 is 0. The molecule has 5 N–H and O–H groups in total. The van der Waals surface area contributed by atoms with Crippen LogP contribution < -0.4 is 16.2 Å². The minimum absolute atomic E-state index is 0.0236. The van der Waals surface area contributed by atoms with Crippen molar-refractivity contribution in [3.63, 3.8) is 0 Å². The largest absolute Gasteiger partial charge is 0.507 e. The predicted molar refractivity (Wildman–Crippen MR) is 103 cm³/mol. The van der Waals surface area contributed by atoms with Gasteiger partial charge in [-0.1, -0.05) is 30.3 Å². The number of phenols is 1. The summed E-state index contributed by atoms with van der Waals surface area (Å²) in [5.41, 5.74) is 6.36. The number of H-pyrrole nitrogens is 1. The number of phenolic OH excluding ortho intramolecular Hbond substituents is 1. The smallest absolute Gasteiger partial charge is 0.273 e. The Labute approximate surface area is 160 Å². The number of hydrogen-bond donors (Lipinski definition) is 5. The van der Waals surface area contributed by atoms with Crippen molar-refractivity contribution in [3.8, 4) is 5.75 Å². The number of carbonyl (C=O) groups excluding carboxylic acids is 3. The summed E-state index contributed by atoms with van der Waals surface area (Å²) in [6.07, 6.45) is 2.02. The molecule has 1 atom stereocenters. The van der Waals surface area contributed by atoms with Crippen molar-refractivity contribution in [2.45, 2.75) is 19.4 Å². The van der Waals surface area contributed by atoms with Crippen molar-refractivity contribution in [1.29, 1.82) is 0 Å². The maximum absolute atomic E-state index is 12.5. The predicted octanol–water partition coefficient (Wildman–Crippen LogP) is 1.38. The fraction of sp³-hybridized carbons (Fsp3) is 0.150. The molecule has 2 aromatic carbocycles. The molecule has 0 radical (unpaired) electrons. The molecular formula is C20H20N4O4. The van der Waals surface area contributed by atoms with Crippen LogP contribution >= 0.6 is 0 Å². The van der Waals surface area contributed by atoms with Crippen LogP contribution in [0.1, 0.15) is 22.8 Å². The molecule has 3 aromatic rings. The second-order valence-corrected chi connectivity index (χ2v) is 6.28. The van der Waals surface area contributed by atoms with E-state index in [0.29, 0.717) is 0 Å². The van der Waals surface area contributed by atoms with Gasteiger partial charge < -0.3 is 15.4 Å². The highest BCUT2D eigenvalue weighted by atomic mass is 16.3. The number of amides is 3. The number of para-hydroxylation sites is 2. The molecule has 0 fully saturated rings. The Bertz CT molecular complexity index is 1030. The molecule has 1 unspecified atom stereocenters. The first-order valence-electron chi connectivity index (χ1n) is 8.66. The van der Waals surface area contributed by atoms with Crippen molar-refractivity contribution in [1.82, 2.24) is 21.2 Å². The molecule has 3 amide bonds. The van der Waals surface area contributed by atoms with Gasteiger partial charge in [0.15, 0.2) is 0 Å². The fourth-order valence-electron chi connectivity index (χ4n) is 2.91. The lowest BCUT2D eigenvalue weighted by atomic mass is 10.0. The fourth-order valence-corrected chi connectivity index (χ4v) is 2.91. The van der Waals surface area contributed by atoms with Gasteiger partial charge in [0.1, 0.15) is 11.8 Å². The topological polar surface area (TPSA) is 123 Å². The third-order valence-corrected chi connectivity index (χ3v) is 4.24. The van der Waals surface area contributed by atoms with Crippen molar-refractivity contribution < 1.29 is 19.5 Å². The molecule has 0 aliphatic rings. The highest BCUT2D eigenvalue weighted by Gasteiger charge is 2.22. The van der Waals surface area contributed by atoms with Gasteiger partial charge in [-0.25, -0.2) is 0 Å². The number of hydrogen-bond acceptors (Lipinski definition) is 4. The SMILES string of the molecule is CC(=O)NC(Cc1c[nH]c2ccccc12)C(=O)NNC(=O)c1ccccc1O. The van der Waals surface area contributed by atoms with E-state index in [1.807, 2.05) is 24.3 Å². The van der Waals surface area contributed by atoms with Crippen LogP contribution in [-0.4, -0.2) is 33.9 Å². The number of rotatable bonds is 5. The molecule has 3 rings (SSSR count). The van der Waals surface area contributed by atoms with Gasteiger partial charge in [0.25, 0.3) is 11.8 Å². The van der Waals surface area contributed by atoms with E-state index >= 15 is 0 Å². The Morgan fingerprint density at radius 3 is 2.50 bits per heavy atom. The normalized spacial score (nSPS) is 11.6. The monoisotopic (exact) mass is 380 g/mol. The lowest BCUT2D eigenvalue weighted by molar-refractivity contribution is -0.128. The van der Waals surface area contributed by atoms with E-state index in [2.05, 4.69) is 21.2 Å². The molecule has 28 heavy (non-hydrogen) atoms. The summed E-state index contributed by atoms with van der Waals surface area (Å²) < 4.78 is 0. The zero-order valence-corrected chi connectivity index (χ0v) is 15.2. The molecule has 0 aliphatic heterocycles. The molecule has 1 heterocycles. The van der Waals surface area contributed by atoms with Gasteiger partial charge in [0.05, 0.1) is 5.56 Å². The number of aromatic hydroxyl groups is 1. The highest BCUT2D eigenvalue weighted by Crippen LogP contribution is 2.19. The van der Waals surface area contributed by atoms with Crippen molar-refractivity contribution >= 4 is 28.6 Å². The minimum Gasteiger partial charge on any atom is -0.507 e. The van der Waals surface area contributed by atoms with E-state index in [9.17, 15) is 19.5 Å². The molecule has 1 aromatic heterocycles. The molecule has 0 saturated heterocycles. The molecule has 0 bridgehead atoms. The third-order valence-electron chi connectivity index (χ3n) is 4.24. The zero-order chi connectivity index (χ0) is 20.1. The number of benzene rings is 2. The maximum atomic E-state index is 12.5. The third kappa shape index (κ3) is 4.29. The lowest BCUT2D eigenvalue weighted by Crippen LogP contribution is -2.52. The van der Waals surface area contributed by atoms with Gasteiger partial charge in [-0.15, -0.1) is 0 Å². The average molecular weight is 380 g/mol. The van der Waals surface area contributed by atoms with Crippen molar-refractivity contribution in [2.24, 2.45) is 0 Å². The first-order chi connectivity index (χ1) is 13.5. The number of hydrazine groups is 1. The number of aromatic amines is 1. The Kier molecular flexibility index (Phi) is 5.59. The second kappa shape index (κ2) is 8.26. The first kappa shape index (κ1) is 19.0. The molecule has 8 nitrogen and oxygen atoms in total. The number of fused-ring (bicyclic) bond motifs is 1. The van der Waals surface area contributed by atoms with Gasteiger partial charge in [-0.2, -0.15) is 0 Å². The Balaban J connectivity index is 1.70. The van der Waals surface area contributed by atoms with E-state index in [1.54, 1.807) is 18.3 Å². The quantitative estimate of drug-likeness (QED) is 0.429. The average Bonchev–Trinajstić information content (AvgIpc) is 3.08. The standard InChI is InChI=1S/C20H20N4O4/c1-12(25)22-17(10-13-11-21-16-8-4-2-6-14(13)16)20(28)24-23-19(27)15-7-3-5-9-18(15)26/h2-9,11,17,21,26H,10H2,1H3,(H,22,25)(H,23,27)(H,24,28). The Morgan fingerprint density at radius 1 is 1.04 bits per heavy atom. The van der Waals surface area contributed by atoms with Crippen LogP contribution in [0.3, 0.4) is 0 Å². The molecule has 0 aliphatic carbocycles. The molecule has 0 spiro atoms. The van der Waals surface area contributed by atoms with E-state index in [1.165, 1.54) is 19.1 Å². The highest BCUT2D eigenvalue weighted by molar-refractivity contribution is 5.98. The summed E-state index contributed by atoms with van der Waals surface area (Å²) in [5.74, 6) is -1.82. The van der Waals surface area contributed by atoms with Crippen molar-refractivity contribution in [2.75, 3.05) is 0 Å². The van der Waals surface area contributed by atoms with Gasteiger partial charge >= 0.3 is 0 Å². The lowest BCUT2D eigenvalue weighted by Gasteiger charge is -2.18. The molecular weight excluding hydrogens is 360 g/mol. The number of nitrogens with one attached hydrogen (secondary N) is 4. The van der Waals surface area contributed by atoms with Gasteiger partial charge in [0, 0.05) is 30.4 Å². The van der Waals surface area contributed by atoms with Gasteiger partial charge in [-0.3, -0.25) is 25.2 Å². The van der Waals surface area contributed by atoms with E-state index < -0.39 is 17.9 Å². The summed E-state index contributed by atoms with van der Waals surface area (Å²) in [6.45, 7) is 1.32. The van der Waals surface area contributed by atoms with Crippen LogP contribution in [0.25, 0.3) is 10.9 Å². The summed E-state index contributed by atoms with van der Waals surface area (Å²) in [5, 5.41) is 13.3. The summed E-state index contributed by atoms with van der Waals surface area (Å²) in [6, 6.07) is 12.7. The van der Waals surface area contributed by atoms with Crippen LogP contribution in [0.5, 0.6) is 5.75 Å².